The molecule has 6 heteroatoms. The predicted molar refractivity (Wildman–Crippen MR) is 81.6 cm³/mol. The number of rotatable bonds is 4. The largest absolute Gasteiger partial charge is 0.484 e. The van der Waals surface area contributed by atoms with Crippen molar-refractivity contribution in [1.82, 2.24) is 4.90 Å². The van der Waals surface area contributed by atoms with E-state index < -0.39 is 12.0 Å². The molecule has 1 amide bonds. The molecule has 1 aliphatic heterocycles. The van der Waals surface area contributed by atoms with Crippen molar-refractivity contribution in [3.63, 3.8) is 0 Å². The number of likely N-dealkylation sites (tertiary alicyclic amines) is 1. The fourth-order valence-electron chi connectivity index (χ4n) is 2.25. The van der Waals surface area contributed by atoms with Gasteiger partial charge in [-0.3, -0.25) is 4.79 Å². The van der Waals surface area contributed by atoms with E-state index in [2.05, 4.69) is 22.6 Å². The highest BCUT2D eigenvalue weighted by Gasteiger charge is 2.31. The van der Waals surface area contributed by atoms with Gasteiger partial charge in [-0.15, -0.1) is 0 Å². The molecule has 108 valence electrons. The summed E-state index contributed by atoms with van der Waals surface area (Å²) in [6.07, 6.45) is 2.21. The highest BCUT2D eigenvalue weighted by atomic mass is 127. The van der Waals surface area contributed by atoms with Gasteiger partial charge in [-0.25, -0.2) is 4.79 Å². The Morgan fingerprint density at radius 3 is 2.65 bits per heavy atom. The minimum absolute atomic E-state index is 0.121. The van der Waals surface area contributed by atoms with Gasteiger partial charge in [0.15, 0.2) is 6.61 Å². The van der Waals surface area contributed by atoms with E-state index in [0.717, 1.165) is 16.4 Å². The summed E-state index contributed by atoms with van der Waals surface area (Å²) < 4.78 is 6.50. The normalized spacial score (nSPS) is 18.6. The molecule has 1 atom stereocenters. The molecule has 0 spiro atoms. The molecule has 0 aliphatic carbocycles. The summed E-state index contributed by atoms with van der Waals surface area (Å²) in [5.74, 6) is -0.592. The van der Waals surface area contributed by atoms with Crippen LogP contribution in [0.4, 0.5) is 0 Å². The molecular weight excluding hydrogens is 373 g/mol. The van der Waals surface area contributed by atoms with Crippen molar-refractivity contribution in [2.45, 2.75) is 25.3 Å². The molecule has 0 bridgehead atoms. The molecule has 1 fully saturated rings. The first kappa shape index (κ1) is 15.1. The number of hydrogen-bond acceptors (Lipinski definition) is 3. The summed E-state index contributed by atoms with van der Waals surface area (Å²) in [6, 6.07) is 6.65. The number of carbonyl (C=O) groups is 2. The maximum Gasteiger partial charge on any atom is 0.326 e. The number of nitrogens with zero attached hydrogens (tertiary/aromatic N) is 1. The lowest BCUT2D eigenvalue weighted by Crippen LogP contribution is -2.49. The molecule has 5 nitrogen and oxygen atoms in total. The number of benzene rings is 1. The second-order valence-electron chi connectivity index (χ2n) is 4.68. The van der Waals surface area contributed by atoms with Gasteiger partial charge in [0, 0.05) is 10.1 Å². The maximum absolute atomic E-state index is 12.1. The van der Waals surface area contributed by atoms with Crippen LogP contribution in [-0.4, -0.2) is 41.1 Å². The molecule has 1 heterocycles. The zero-order valence-electron chi connectivity index (χ0n) is 10.9. The van der Waals surface area contributed by atoms with Gasteiger partial charge in [-0.05, 0) is 66.1 Å². The van der Waals surface area contributed by atoms with E-state index >= 15 is 0 Å². The van der Waals surface area contributed by atoms with E-state index in [1.165, 1.54) is 4.90 Å². The number of carboxylic acid groups (broad SMARTS) is 1. The molecule has 0 saturated carbocycles. The van der Waals surface area contributed by atoms with Crippen LogP contribution in [0.25, 0.3) is 0 Å². The summed E-state index contributed by atoms with van der Waals surface area (Å²) in [4.78, 5) is 24.6. The third kappa shape index (κ3) is 3.84. The van der Waals surface area contributed by atoms with E-state index in [4.69, 9.17) is 9.84 Å². The average Bonchev–Trinajstić information content (AvgIpc) is 2.46. The van der Waals surface area contributed by atoms with Gasteiger partial charge < -0.3 is 14.7 Å². The van der Waals surface area contributed by atoms with Crippen LogP contribution in [0.15, 0.2) is 24.3 Å². The van der Waals surface area contributed by atoms with Gasteiger partial charge in [0.1, 0.15) is 11.8 Å². The van der Waals surface area contributed by atoms with E-state index in [-0.39, 0.29) is 12.5 Å². The summed E-state index contributed by atoms with van der Waals surface area (Å²) >= 11 is 2.19. The molecule has 1 N–H and O–H groups in total. The van der Waals surface area contributed by atoms with E-state index in [0.29, 0.717) is 18.7 Å². The Morgan fingerprint density at radius 1 is 1.30 bits per heavy atom. The zero-order valence-corrected chi connectivity index (χ0v) is 13.1. The quantitative estimate of drug-likeness (QED) is 0.802. The van der Waals surface area contributed by atoms with Gasteiger partial charge in [0.25, 0.3) is 5.91 Å². The van der Waals surface area contributed by atoms with Gasteiger partial charge in [-0.1, -0.05) is 0 Å². The van der Waals surface area contributed by atoms with Crippen molar-refractivity contribution in [2.24, 2.45) is 0 Å². The van der Waals surface area contributed by atoms with Crippen LogP contribution in [0.3, 0.4) is 0 Å². The third-order valence-electron chi connectivity index (χ3n) is 3.28. The second kappa shape index (κ2) is 6.92. The molecule has 20 heavy (non-hydrogen) atoms. The molecule has 0 unspecified atom stereocenters. The second-order valence-corrected chi connectivity index (χ2v) is 5.93. The Labute approximate surface area is 131 Å². The molecule has 1 aromatic carbocycles. The molecule has 0 aromatic heterocycles. The molecular formula is C14H16INO4. The zero-order chi connectivity index (χ0) is 14.5. The van der Waals surface area contributed by atoms with Crippen molar-refractivity contribution >= 4 is 34.5 Å². The van der Waals surface area contributed by atoms with Crippen LogP contribution in [0.5, 0.6) is 5.75 Å². The summed E-state index contributed by atoms with van der Waals surface area (Å²) in [6.45, 7) is 0.371. The molecule has 1 saturated heterocycles. The van der Waals surface area contributed by atoms with Crippen molar-refractivity contribution in [1.29, 1.82) is 0 Å². The molecule has 1 aromatic rings. The highest BCUT2D eigenvalue weighted by molar-refractivity contribution is 14.1. The summed E-state index contributed by atoms with van der Waals surface area (Å²) in [5.41, 5.74) is 0. The van der Waals surface area contributed by atoms with Gasteiger partial charge in [0.05, 0.1) is 0 Å². The lowest BCUT2D eigenvalue weighted by Gasteiger charge is -2.32. The van der Waals surface area contributed by atoms with Crippen LogP contribution in [-0.2, 0) is 9.59 Å². The Balaban J connectivity index is 1.93. The Bertz CT molecular complexity index is 488. The topological polar surface area (TPSA) is 66.8 Å². The minimum atomic E-state index is -0.938. The molecule has 2 rings (SSSR count). The first-order valence-corrected chi connectivity index (χ1v) is 7.56. The number of piperidine rings is 1. The smallest absolute Gasteiger partial charge is 0.326 e. The Morgan fingerprint density at radius 2 is 2.00 bits per heavy atom. The van der Waals surface area contributed by atoms with Crippen LogP contribution in [0.1, 0.15) is 19.3 Å². The summed E-state index contributed by atoms with van der Waals surface area (Å²) in [5, 5.41) is 9.14. The van der Waals surface area contributed by atoms with Crippen LogP contribution in [0.2, 0.25) is 0 Å². The SMILES string of the molecule is O=C(O)[C@H]1CCCCN1C(=O)COc1ccc(I)cc1. The summed E-state index contributed by atoms with van der Waals surface area (Å²) in [7, 11) is 0. The minimum Gasteiger partial charge on any atom is -0.484 e. The van der Waals surface area contributed by atoms with Crippen molar-refractivity contribution < 1.29 is 19.4 Å². The van der Waals surface area contributed by atoms with Crippen LogP contribution in [0, 0.1) is 3.57 Å². The number of amides is 1. The molecule has 1 aliphatic rings. The van der Waals surface area contributed by atoms with E-state index in [1.807, 2.05) is 12.1 Å². The first-order chi connectivity index (χ1) is 9.58. The molecule has 0 radical (unpaired) electrons. The number of halogens is 1. The maximum atomic E-state index is 12.1. The first-order valence-electron chi connectivity index (χ1n) is 6.48. The van der Waals surface area contributed by atoms with E-state index in [1.54, 1.807) is 12.1 Å². The van der Waals surface area contributed by atoms with Gasteiger partial charge >= 0.3 is 5.97 Å². The third-order valence-corrected chi connectivity index (χ3v) is 4.00. The number of carbonyl (C=O) groups excluding carboxylic acids is 1. The fraction of sp³-hybridized carbons (Fsp3) is 0.429. The predicted octanol–water partition coefficient (Wildman–Crippen LogP) is 2.14. The van der Waals surface area contributed by atoms with Gasteiger partial charge in [-0.2, -0.15) is 0 Å². The Kier molecular flexibility index (Phi) is 5.22. The number of ether oxygens (including phenoxy) is 1. The monoisotopic (exact) mass is 389 g/mol. The Hall–Kier alpha value is -1.31. The highest BCUT2D eigenvalue weighted by Crippen LogP contribution is 2.18. The van der Waals surface area contributed by atoms with Crippen LogP contribution >= 0.6 is 22.6 Å². The standard InChI is InChI=1S/C14H16INO4/c15-10-4-6-11(7-5-10)20-9-13(17)16-8-2-1-3-12(16)14(18)19/h4-7,12H,1-3,8-9H2,(H,18,19)/t12-/m1/s1. The lowest BCUT2D eigenvalue weighted by atomic mass is 10.0. The average molecular weight is 389 g/mol. The number of hydrogen-bond donors (Lipinski definition) is 1. The number of aliphatic carboxylic acids is 1. The fourth-order valence-corrected chi connectivity index (χ4v) is 2.61. The van der Waals surface area contributed by atoms with Crippen molar-refractivity contribution in [3.05, 3.63) is 27.8 Å². The van der Waals surface area contributed by atoms with Crippen LogP contribution < -0.4 is 4.74 Å². The van der Waals surface area contributed by atoms with Crippen molar-refractivity contribution in [3.8, 4) is 5.75 Å². The van der Waals surface area contributed by atoms with Gasteiger partial charge in [0.2, 0.25) is 0 Å². The lowest BCUT2D eigenvalue weighted by molar-refractivity contribution is -0.152. The van der Waals surface area contributed by atoms with Crippen molar-refractivity contribution in [2.75, 3.05) is 13.2 Å². The number of carboxylic acids is 1. The van der Waals surface area contributed by atoms with E-state index in [9.17, 15) is 9.59 Å².